The predicted octanol–water partition coefficient (Wildman–Crippen LogP) is 6.85. The highest BCUT2D eigenvalue weighted by atomic mass is 35.5. The molecule has 0 N–H and O–H groups in total. The maximum Gasteiger partial charge on any atom is 0.260 e. The van der Waals surface area contributed by atoms with Gasteiger partial charge in [-0.05, 0) is 53.6 Å². The molecule has 30 heavy (non-hydrogen) atoms. The fourth-order valence-electron chi connectivity index (χ4n) is 3.47. The Morgan fingerprint density at radius 3 is 2.67 bits per heavy atom. The van der Waals surface area contributed by atoms with Crippen molar-refractivity contribution < 1.29 is 9.21 Å². The lowest BCUT2D eigenvalue weighted by Gasteiger charge is -2.19. The lowest BCUT2D eigenvalue weighted by atomic mass is 10.1. The number of hydrogen-bond donors (Lipinski definition) is 0. The zero-order valence-electron chi connectivity index (χ0n) is 16.1. The van der Waals surface area contributed by atoms with Gasteiger partial charge in [-0.15, -0.1) is 0 Å². The summed E-state index contributed by atoms with van der Waals surface area (Å²) in [5, 5.41) is 3.34. The van der Waals surface area contributed by atoms with Crippen molar-refractivity contribution in [3.05, 3.63) is 94.9 Å². The van der Waals surface area contributed by atoms with Gasteiger partial charge in [-0.2, -0.15) is 0 Å². The molecule has 6 heteroatoms. The number of amides is 1. The van der Waals surface area contributed by atoms with Gasteiger partial charge in [-0.1, -0.05) is 59.3 Å². The third-order valence-electron chi connectivity index (χ3n) is 5.05. The summed E-state index contributed by atoms with van der Waals surface area (Å²) in [5.74, 6) is 0.552. The van der Waals surface area contributed by atoms with Crippen molar-refractivity contribution >= 4 is 55.0 Å². The summed E-state index contributed by atoms with van der Waals surface area (Å²) in [7, 11) is 0. The summed E-state index contributed by atoms with van der Waals surface area (Å²) in [6.07, 6.45) is 1.60. The second-order valence-corrected chi connectivity index (χ2v) is 8.46. The Morgan fingerprint density at radius 1 is 1.07 bits per heavy atom. The van der Waals surface area contributed by atoms with Crippen LogP contribution in [0, 0.1) is 6.92 Å². The molecule has 1 amide bonds. The van der Waals surface area contributed by atoms with E-state index in [4.69, 9.17) is 21.0 Å². The standard InChI is InChI=1S/C24H17ClN2O2S/c1-15-8-11-20(25)22-21(15)26-24(30-22)27(14-19-7-4-12-29-19)23(28)18-10-9-16-5-2-3-6-17(16)13-18/h2-13H,14H2,1H3. The van der Waals surface area contributed by atoms with E-state index in [1.54, 1.807) is 11.2 Å². The molecule has 5 aromatic rings. The molecule has 0 saturated carbocycles. The van der Waals surface area contributed by atoms with Crippen molar-refractivity contribution in [2.24, 2.45) is 0 Å². The molecule has 0 saturated heterocycles. The Hall–Kier alpha value is -3.15. The molecule has 3 aromatic carbocycles. The summed E-state index contributed by atoms with van der Waals surface area (Å²) >= 11 is 7.82. The second kappa shape index (κ2) is 7.59. The molecule has 0 atom stereocenters. The first kappa shape index (κ1) is 18.9. The van der Waals surface area contributed by atoms with Crippen LogP contribution in [0.1, 0.15) is 21.7 Å². The molecule has 0 fully saturated rings. The van der Waals surface area contributed by atoms with Crippen LogP contribution in [0.25, 0.3) is 21.0 Å². The molecule has 2 heterocycles. The molecule has 0 radical (unpaired) electrons. The largest absolute Gasteiger partial charge is 0.467 e. The van der Waals surface area contributed by atoms with Gasteiger partial charge in [-0.3, -0.25) is 9.69 Å². The Labute approximate surface area is 182 Å². The first-order chi connectivity index (χ1) is 14.6. The molecular weight excluding hydrogens is 416 g/mol. The number of carbonyl (C=O) groups is 1. The number of fused-ring (bicyclic) bond motifs is 2. The fraction of sp³-hybridized carbons (Fsp3) is 0.0833. The van der Waals surface area contributed by atoms with Crippen LogP contribution in [0.3, 0.4) is 0 Å². The highest BCUT2D eigenvalue weighted by molar-refractivity contribution is 7.23. The molecule has 0 unspecified atom stereocenters. The van der Waals surface area contributed by atoms with Gasteiger partial charge in [0.05, 0.1) is 28.0 Å². The van der Waals surface area contributed by atoms with Crippen LogP contribution in [0.5, 0.6) is 0 Å². The lowest BCUT2D eigenvalue weighted by Crippen LogP contribution is -2.30. The smallest absolute Gasteiger partial charge is 0.260 e. The Bertz CT molecular complexity index is 1340. The number of furan rings is 1. The molecule has 0 spiro atoms. The van der Waals surface area contributed by atoms with Gasteiger partial charge < -0.3 is 4.42 Å². The summed E-state index contributed by atoms with van der Waals surface area (Å²) in [6, 6.07) is 21.2. The van der Waals surface area contributed by atoms with Crippen molar-refractivity contribution in [1.29, 1.82) is 0 Å². The van der Waals surface area contributed by atoms with Crippen LogP contribution >= 0.6 is 22.9 Å². The van der Waals surface area contributed by atoms with Crippen molar-refractivity contribution in [2.75, 3.05) is 4.90 Å². The SMILES string of the molecule is Cc1ccc(Cl)c2sc(N(Cc3ccco3)C(=O)c3ccc4ccccc4c3)nc12. The van der Waals surface area contributed by atoms with Crippen molar-refractivity contribution in [3.63, 3.8) is 0 Å². The minimum Gasteiger partial charge on any atom is -0.467 e. The van der Waals surface area contributed by atoms with Crippen LogP contribution < -0.4 is 4.90 Å². The number of rotatable bonds is 4. The lowest BCUT2D eigenvalue weighted by molar-refractivity contribution is 0.0983. The number of aryl methyl sites for hydroxylation is 1. The molecule has 0 aliphatic heterocycles. The van der Waals surface area contributed by atoms with Gasteiger partial charge >= 0.3 is 0 Å². The Morgan fingerprint density at radius 2 is 1.90 bits per heavy atom. The fourth-order valence-corrected chi connectivity index (χ4v) is 4.78. The summed E-state index contributed by atoms with van der Waals surface area (Å²) in [4.78, 5) is 20.0. The van der Waals surface area contributed by atoms with Gasteiger partial charge in [0, 0.05) is 5.56 Å². The number of thiazole rings is 1. The second-order valence-electron chi connectivity index (χ2n) is 7.07. The first-order valence-corrected chi connectivity index (χ1v) is 10.7. The first-order valence-electron chi connectivity index (χ1n) is 9.49. The van der Waals surface area contributed by atoms with E-state index < -0.39 is 0 Å². The number of carbonyl (C=O) groups excluding carboxylic acids is 1. The van der Waals surface area contributed by atoms with Crippen LogP contribution in [-0.2, 0) is 6.54 Å². The van der Waals surface area contributed by atoms with Crippen LogP contribution in [0.15, 0.2) is 77.4 Å². The van der Waals surface area contributed by atoms with E-state index >= 15 is 0 Å². The normalized spacial score (nSPS) is 11.3. The zero-order chi connectivity index (χ0) is 20.7. The number of halogens is 1. The van der Waals surface area contributed by atoms with Crippen LogP contribution in [0.2, 0.25) is 5.02 Å². The van der Waals surface area contributed by atoms with Gasteiger partial charge in [-0.25, -0.2) is 4.98 Å². The molecule has 4 nitrogen and oxygen atoms in total. The van der Waals surface area contributed by atoms with E-state index in [2.05, 4.69) is 0 Å². The zero-order valence-corrected chi connectivity index (χ0v) is 17.7. The average Bonchev–Trinajstić information content (AvgIpc) is 3.44. The summed E-state index contributed by atoms with van der Waals surface area (Å²) < 4.78 is 6.40. The van der Waals surface area contributed by atoms with Gasteiger partial charge in [0.1, 0.15) is 5.76 Å². The van der Waals surface area contributed by atoms with Crippen LogP contribution in [0.4, 0.5) is 5.13 Å². The summed E-state index contributed by atoms with van der Waals surface area (Å²) in [6.45, 7) is 2.28. The van der Waals surface area contributed by atoms with E-state index in [1.807, 2.05) is 73.7 Å². The average molecular weight is 433 g/mol. The number of benzene rings is 3. The Kier molecular flexibility index (Phi) is 4.77. The van der Waals surface area contributed by atoms with Gasteiger partial charge in [0.25, 0.3) is 5.91 Å². The third-order valence-corrected chi connectivity index (χ3v) is 6.59. The van der Waals surface area contributed by atoms with Gasteiger partial charge in [0.15, 0.2) is 5.13 Å². The quantitative estimate of drug-likeness (QED) is 0.312. The van der Waals surface area contributed by atoms with E-state index in [0.29, 0.717) is 21.5 Å². The molecule has 5 rings (SSSR count). The minimum absolute atomic E-state index is 0.134. The van der Waals surface area contributed by atoms with E-state index in [0.717, 1.165) is 26.6 Å². The minimum atomic E-state index is -0.134. The van der Waals surface area contributed by atoms with E-state index in [-0.39, 0.29) is 12.5 Å². The third kappa shape index (κ3) is 3.36. The molecule has 148 valence electrons. The van der Waals surface area contributed by atoms with Crippen LogP contribution in [-0.4, -0.2) is 10.9 Å². The number of nitrogens with zero attached hydrogens (tertiary/aromatic N) is 2. The maximum atomic E-state index is 13.6. The maximum absolute atomic E-state index is 13.6. The topological polar surface area (TPSA) is 46.3 Å². The highest BCUT2D eigenvalue weighted by Gasteiger charge is 2.24. The van der Waals surface area contributed by atoms with E-state index in [1.165, 1.54) is 11.3 Å². The van der Waals surface area contributed by atoms with Gasteiger partial charge in [0.2, 0.25) is 0 Å². The number of anilines is 1. The van der Waals surface area contributed by atoms with E-state index in [9.17, 15) is 4.79 Å². The summed E-state index contributed by atoms with van der Waals surface area (Å²) in [5.41, 5.74) is 2.44. The molecular formula is C24H17ClN2O2S. The molecule has 0 aliphatic carbocycles. The number of aromatic nitrogens is 1. The predicted molar refractivity (Wildman–Crippen MR) is 123 cm³/mol. The number of hydrogen-bond acceptors (Lipinski definition) is 4. The van der Waals surface area contributed by atoms with Crippen molar-refractivity contribution in [1.82, 2.24) is 4.98 Å². The molecule has 0 aliphatic rings. The Balaban J connectivity index is 1.62. The van der Waals surface area contributed by atoms with Crippen molar-refractivity contribution in [3.8, 4) is 0 Å². The highest BCUT2D eigenvalue weighted by Crippen LogP contribution is 2.36. The molecule has 0 bridgehead atoms. The molecule has 2 aromatic heterocycles. The van der Waals surface area contributed by atoms with Crippen molar-refractivity contribution in [2.45, 2.75) is 13.5 Å². The monoisotopic (exact) mass is 432 g/mol.